The van der Waals surface area contributed by atoms with E-state index in [4.69, 9.17) is 0 Å². The van der Waals surface area contributed by atoms with Crippen LogP contribution in [0.4, 0.5) is 0 Å². The van der Waals surface area contributed by atoms with E-state index in [2.05, 4.69) is 56.3 Å². The van der Waals surface area contributed by atoms with Gasteiger partial charge in [0.2, 0.25) is 0 Å². The van der Waals surface area contributed by atoms with Crippen molar-refractivity contribution in [2.45, 2.75) is 26.7 Å². The standard InChI is InChI=1S/C18H18O/c1-17(2)15-8-10-18(17)9-7-12-3-5-13(6-4-12)11-14(15)16(18)19/h3-7,9,11,15H,8,10H2,1-2H3. The zero-order chi connectivity index (χ0) is 13.3. The van der Waals surface area contributed by atoms with E-state index < -0.39 is 0 Å². The quantitative estimate of drug-likeness (QED) is 0.677. The smallest absolute Gasteiger partial charge is 0.169 e. The van der Waals surface area contributed by atoms with Crippen LogP contribution < -0.4 is 0 Å². The summed E-state index contributed by atoms with van der Waals surface area (Å²) in [4.78, 5) is 12.9. The Balaban J connectivity index is 2.05. The molecule has 2 atom stereocenters. The minimum atomic E-state index is -0.268. The van der Waals surface area contributed by atoms with Crippen molar-refractivity contribution in [3.63, 3.8) is 0 Å². The Labute approximate surface area is 114 Å². The highest BCUT2D eigenvalue weighted by Crippen LogP contribution is 2.66. The predicted molar refractivity (Wildman–Crippen MR) is 77.4 cm³/mol. The second kappa shape index (κ2) is 3.27. The summed E-state index contributed by atoms with van der Waals surface area (Å²) >= 11 is 0. The second-order valence-corrected chi connectivity index (χ2v) is 6.71. The first-order chi connectivity index (χ1) is 9.04. The number of Topliss-reactive ketones (excluding diaryl/α,β-unsaturated/α-hetero) is 1. The summed E-state index contributed by atoms with van der Waals surface area (Å²) in [7, 11) is 0. The fourth-order valence-corrected chi connectivity index (χ4v) is 4.39. The third kappa shape index (κ3) is 1.19. The average molecular weight is 250 g/mol. The number of hydrogen-bond donors (Lipinski definition) is 0. The number of fused-ring (bicyclic) bond motifs is 3. The molecule has 1 nitrogen and oxygen atoms in total. The molecule has 1 heteroatoms. The van der Waals surface area contributed by atoms with Crippen LogP contribution in [-0.2, 0) is 4.79 Å². The molecule has 0 heterocycles. The van der Waals surface area contributed by atoms with Crippen LogP contribution in [-0.4, -0.2) is 5.78 Å². The van der Waals surface area contributed by atoms with Crippen molar-refractivity contribution in [1.29, 1.82) is 0 Å². The molecular weight excluding hydrogens is 232 g/mol. The second-order valence-electron chi connectivity index (χ2n) is 6.71. The number of carbonyl (C=O) groups excluding carboxylic acids is 1. The van der Waals surface area contributed by atoms with Crippen molar-refractivity contribution in [2.75, 3.05) is 0 Å². The average Bonchev–Trinajstić information content (AvgIpc) is 2.71. The lowest BCUT2D eigenvalue weighted by Crippen LogP contribution is -2.33. The molecule has 1 spiro atoms. The van der Waals surface area contributed by atoms with E-state index in [1.54, 1.807) is 0 Å². The Morgan fingerprint density at radius 2 is 1.79 bits per heavy atom. The predicted octanol–water partition coefficient (Wildman–Crippen LogP) is 4.10. The highest BCUT2D eigenvalue weighted by molar-refractivity contribution is 6.09. The van der Waals surface area contributed by atoms with Crippen LogP contribution in [0.5, 0.6) is 0 Å². The van der Waals surface area contributed by atoms with E-state index >= 15 is 0 Å². The van der Waals surface area contributed by atoms with Gasteiger partial charge in [-0.05, 0) is 41.4 Å². The van der Waals surface area contributed by atoms with Gasteiger partial charge in [-0.15, -0.1) is 0 Å². The summed E-state index contributed by atoms with van der Waals surface area (Å²) in [5.41, 5.74) is 3.18. The fourth-order valence-electron chi connectivity index (χ4n) is 4.39. The Hall–Kier alpha value is -1.63. The Morgan fingerprint density at radius 3 is 2.53 bits per heavy atom. The molecule has 0 amide bonds. The highest BCUT2D eigenvalue weighted by atomic mass is 16.1. The van der Waals surface area contributed by atoms with Crippen LogP contribution >= 0.6 is 0 Å². The summed E-state index contributed by atoms with van der Waals surface area (Å²) in [5.74, 6) is 0.786. The fraction of sp³-hybridized carbons (Fsp3) is 0.389. The zero-order valence-electron chi connectivity index (χ0n) is 11.4. The number of benzene rings is 1. The third-order valence-corrected chi connectivity index (χ3v) is 5.71. The van der Waals surface area contributed by atoms with E-state index in [0.717, 1.165) is 24.0 Å². The summed E-state index contributed by atoms with van der Waals surface area (Å²) < 4.78 is 0. The van der Waals surface area contributed by atoms with Crippen LogP contribution in [0.1, 0.15) is 37.8 Å². The van der Waals surface area contributed by atoms with Gasteiger partial charge in [0, 0.05) is 5.57 Å². The number of hydrogen-bond acceptors (Lipinski definition) is 1. The normalized spacial score (nSPS) is 33.7. The Morgan fingerprint density at radius 1 is 1.11 bits per heavy atom. The molecule has 4 aliphatic carbocycles. The van der Waals surface area contributed by atoms with E-state index in [9.17, 15) is 4.79 Å². The van der Waals surface area contributed by atoms with Crippen molar-refractivity contribution in [3.8, 4) is 0 Å². The maximum atomic E-state index is 12.9. The molecule has 0 saturated heterocycles. The van der Waals surface area contributed by atoms with Crippen LogP contribution in [0.3, 0.4) is 0 Å². The van der Waals surface area contributed by atoms with E-state index in [-0.39, 0.29) is 10.8 Å². The van der Waals surface area contributed by atoms with Gasteiger partial charge >= 0.3 is 0 Å². The van der Waals surface area contributed by atoms with Gasteiger partial charge in [0.05, 0.1) is 5.41 Å². The van der Waals surface area contributed by atoms with Gasteiger partial charge in [0.25, 0.3) is 0 Å². The molecule has 0 radical (unpaired) electrons. The lowest BCUT2D eigenvalue weighted by atomic mass is 9.68. The largest absolute Gasteiger partial charge is 0.294 e. The summed E-state index contributed by atoms with van der Waals surface area (Å²) in [6.45, 7) is 4.54. The van der Waals surface area contributed by atoms with Crippen molar-refractivity contribution in [1.82, 2.24) is 0 Å². The molecule has 96 valence electrons. The topological polar surface area (TPSA) is 17.1 Å². The highest BCUT2D eigenvalue weighted by Gasteiger charge is 2.65. The molecule has 0 aromatic heterocycles. The molecule has 1 aromatic carbocycles. The maximum Gasteiger partial charge on any atom is 0.169 e. The minimum Gasteiger partial charge on any atom is -0.294 e. The van der Waals surface area contributed by atoms with Gasteiger partial charge < -0.3 is 0 Å². The molecule has 0 aliphatic heterocycles. The van der Waals surface area contributed by atoms with E-state index in [1.165, 1.54) is 5.56 Å². The van der Waals surface area contributed by atoms with E-state index in [0.29, 0.717) is 11.7 Å². The number of carbonyl (C=O) groups is 1. The monoisotopic (exact) mass is 250 g/mol. The summed E-state index contributed by atoms with van der Waals surface area (Å²) in [5, 5.41) is 0. The van der Waals surface area contributed by atoms with Crippen LogP contribution in [0.25, 0.3) is 12.2 Å². The van der Waals surface area contributed by atoms with Crippen molar-refractivity contribution in [3.05, 3.63) is 47.0 Å². The van der Waals surface area contributed by atoms with E-state index in [1.807, 2.05) is 0 Å². The van der Waals surface area contributed by atoms with Crippen molar-refractivity contribution < 1.29 is 4.79 Å². The number of ketones is 1. The molecule has 5 rings (SSSR count). The SMILES string of the molecule is CC1(C)C2CCC13C=Cc1ccc(cc1)C=C2C3=O. The third-order valence-electron chi connectivity index (χ3n) is 5.71. The molecule has 5 bridgehead atoms. The van der Waals surface area contributed by atoms with Crippen LogP contribution in [0.15, 0.2) is 35.9 Å². The minimum absolute atomic E-state index is 0.0529. The summed E-state index contributed by atoms with van der Waals surface area (Å²) in [6.07, 6.45) is 8.60. The first-order valence-electron chi connectivity index (χ1n) is 7.10. The molecule has 19 heavy (non-hydrogen) atoms. The first-order valence-corrected chi connectivity index (χ1v) is 7.10. The first kappa shape index (κ1) is 11.2. The Bertz CT molecular complexity index is 630. The van der Waals surface area contributed by atoms with Gasteiger partial charge in [-0.2, -0.15) is 0 Å². The molecule has 2 fully saturated rings. The lowest BCUT2D eigenvalue weighted by Gasteiger charge is -2.33. The van der Waals surface area contributed by atoms with Crippen molar-refractivity contribution in [2.24, 2.45) is 16.7 Å². The molecule has 1 aromatic rings. The van der Waals surface area contributed by atoms with Gasteiger partial charge in [-0.3, -0.25) is 4.79 Å². The molecule has 2 saturated carbocycles. The molecular formula is C18H18O. The molecule has 2 unspecified atom stereocenters. The van der Waals surface area contributed by atoms with Gasteiger partial charge in [-0.1, -0.05) is 50.3 Å². The number of allylic oxidation sites excluding steroid dienone is 2. The maximum absolute atomic E-state index is 12.9. The number of rotatable bonds is 0. The van der Waals surface area contributed by atoms with Crippen molar-refractivity contribution >= 4 is 17.9 Å². The van der Waals surface area contributed by atoms with Crippen LogP contribution in [0, 0.1) is 16.7 Å². The van der Waals surface area contributed by atoms with Gasteiger partial charge in [-0.25, -0.2) is 0 Å². The van der Waals surface area contributed by atoms with Gasteiger partial charge in [0.15, 0.2) is 5.78 Å². The molecule has 0 N–H and O–H groups in total. The van der Waals surface area contributed by atoms with Crippen LogP contribution in [0.2, 0.25) is 0 Å². The summed E-state index contributed by atoms with van der Waals surface area (Å²) in [6, 6.07) is 8.48. The molecule has 4 aliphatic rings. The zero-order valence-corrected chi connectivity index (χ0v) is 11.4. The Kier molecular flexibility index (Phi) is 1.93. The lowest BCUT2D eigenvalue weighted by molar-refractivity contribution is -0.123. The van der Waals surface area contributed by atoms with Gasteiger partial charge in [0.1, 0.15) is 0 Å².